The number of esters is 1. The minimum atomic E-state index is -0.536. The fourth-order valence-corrected chi connectivity index (χ4v) is 2.57. The molecule has 122 valence electrons. The molecule has 0 aliphatic carbocycles. The monoisotopic (exact) mass is 307 g/mol. The molecule has 1 aromatic heterocycles. The number of piperidine rings is 1. The summed E-state index contributed by atoms with van der Waals surface area (Å²) in [6, 6.07) is 3.48. The number of aromatic nitrogens is 2. The van der Waals surface area contributed by atoms with E-state index in [1.165, 1.54) is 0 Å². The summed E-state index contributed by atoms with van der Waals surface area (Å²) in [6.45, 7) is 7.54. The van der Waals surface area contributed by atoms with E-state index in [0.29, 0.717) is 5.92 Å². The number of rotatable bonds is 4. The molecule has 1 aromatic rings. The van der Waals surface area contributed by atoms with Crippen LogP contribution in [-0.2, 0) is 4.74 Å². The second-order valence-electron chi connectivity index (χ2n) is 6.72. The third-order valence-electron chi connectivity index (χ3n) is 3.73. The van der Waals surface area contributed by atoms with Crippen molar-refractivity contribution in [3.8, 4) is 0 Å². The van der Waals surface area contributed by atoms with E-state index in [1.54, 1.807) is 6.07 Å². The Morgan fingerprint density at radius 2 is 2.00 bits per heavy atom. The molecular formula is C16H25N3O3. The Morgan fingerprint density at radius 1 is 1.32 bits per heavy atom. The quantitative estimate of drug-likeness (QED) is 0.858. The van der Waals surface area contributed by atoms with Crippen LogP contribution in [0.25, 0.3) is 0 Å². The van der Waals surface area contributed by atoms with Crippen LogP contribution in [0.2, 0.25) is 0 Å². The standard InChI is InChI=1S/C16H25N3O3/c1-16(2,3)22-15(21)13-4-5-14(18-17-13)19-9-6-12(7-10-19)8-11-20/h4-5,12,20H,6-11H2,1-3H3. The maximum Gasteiger partial charge on any atom is 0.359 e. The third-order valence-corrected chi connectivity index (χ3v) is 3.73. The van der Waals surface area contributed by atoms with Gasteiger partial charge in [-0.3, -0.25) is 0 Å². The number of hydrogen-bond acceptors (Lipinski definition) is 6. The van der Waals surface area contributed by atoms with Crippen LogP contribution in [0.15, 0.2) is 12.1 Å². The van der Waals surface area contributed by atoms with E-state index in [9.17, 15) is 4.79 Å². The summed E-state index contributed by atoms with van der Waals surface area (Å²) in [5.74, 6) is 0.929. The summed E-state index contributed by atoms with van der Waals surface area (Å²) in [6.07, 6.45) is 2.98. The first-order chi connectivity index (χ1) is 10.4. The maximum absolute atomic E-state index is 11.9. The molecule has 0 aromatic carbocycles. The summed E-state index contributed by atoms with van der Waals surface area (Å²) < 4.78 is 5.27. The number of anilines is 1. The predicted octanol–water partition coefficient (Wildman–Crippen LogP) is 2.03. The highest BCUT2D eigenvalue weighted by atomic mass is 16.6. The van der Waals surface area contributed by atoms with Gasteiger partial charge in [-0.15, -0.1) is 10.2 Å². The zero-order chi connectivity index (χ0) is 16.2. The second kappa shape index (κ2) is 7.05. The molecule has 0 atom stereocenters. The van der Waals surface area contributed by atoms with Gasteiger partial charge in [0.1, 0.15) is 5.60 Å². The largest absolute Gasteiger partial charge is 0.455 e. The minimum Gasteiger partial charge on any atom is -0.455 e. The molecule has 0 amide bonds. The topological polar surface area (TPSA) is 75.5 Å². The zero-order valence-electron chi connectivity index (χ0n) is 13.6. The molecule has 22 heavy (non-hydrogen) atoms. The zero-order valence-corrected chi connectivity index (χ0v) is 13.6. The average Bonchev–Trinajstić information content (AvgIpc) is 2.47. The van der Waals surface area contributed by atoms with Crippen molar-refractivity contribution in [2.75, 3.05) is 24.6 Å². The van der Waals surface area contributed by atoms with Crippen LogP contribution in [0.5, 0.6) is 0 Å². The van der Waals surface area contributed by atoms with Crippen molar-refractivity contribution >= 4 is 11.8 Å². The van der Waals surface area contributed by atoms with Crippen LogP contribution in [0.1, 0.15) is 50.5 Å². The molecule has 1 aliphatic rings. The van der Waals surface area contributed by atoms with Crippen LogP contribution >= 0.6 is 0 Å². The van der Waals surface area contributed by atoms with Crippen LogP contribution < -0.4 is 4.90 Å². The molecule has 2 rings (SSSR count). The molecule has 0 bridgehead atoms. The van der Waals surface area contributed by atoms with Gasteiger partial charge >= 0.3 is 5.97 Å². The highest BCUT2D eigenvalue weighted by Crippen LogP contribution is 2.23. The first-order valence-corrected chi connectivity index (χ1v) is 7.82. The van der Waals surface area contributed by atoms with Crippen LogP contribution in [0.4, 0.5) is 5.82 Å². The van der Waals surface area contributed by atoms with Gasteiger partial charge in [0.15, 0.2) is 11.5 Å². The van der Waals surface area contributed by atoms with Gasteiger partial charge in [-0.1, -0.05) is 0 Å². The lowest BCUT2D eigenvalue weighted by atomic mass is 9.94. The van der Waals surface area contributed by atoms with E-state index in [2.05, 4.69) is 15.1 Å². The Balaban J connectivity index is 1.94. The van der Waals surface area contributed by atoms with Gasteiger partial charge in [0.05, 0.1) is 0 Å². The predicted molar refractivity (Wildman–Crippen MR) is 83.8 cm³/mol. The lowest BCUT2D eigenvalue weighted by molar-refractivity contribution is 0.00616. The Bertz CT molecular complexity index is 488. The van der Waals surface area contributed by atoms with Crippen molar-refractivity contribution in [3.63, 3.8) is 0 Å². The lowest BCUT2D eigenvalue weighted by Gasteiger charge is -2.32. The van der Waals surface area contributed by atoms with Crippen LogP contribution in [0, 0.1) is 5.92 Å². The second-order valence-corrected chi connectivity index (χ2v) is 6.72. The Kier molecular flexibility index (Phi) is 5.34. The van der Waals surface area contributed by atoms with Crippen LogP contribution in [-0.4, -0.2) is 46.6 Å². The maximum atomic E-state index is 11.9. The molecule has 0 saturated carbocycles. The number of carbonyl (C=O) groups is 1. The molecule has 0 spiro atoms. The molecular weight excluding hydrogens is 282 g/mol. The molecule has 1 fully saturated rings. The number of nitrogens with zero attached hydrogens (tertiary/aromatic N) is 3. The number of hydrogen-bond donors (Lipinski definition) is 1. The number of ether oxygens (including phenoxy) is 1. The normalized spacial score (nSPS) is 16.6. The van der Waals surface area contributed by atoms with E-state index in [4.69, 9.17) is 9.84 Å². The Hall–Kier alpha value is -1.69. The molecule has 1 N–H and O–H groups in total. The summed E-state index contributed by atoms with van der Waals surface area (Å²) >= 11 is 0. The third kappa shape index (κ3) is 4.66. The molecule has 1 saturated heterocycles. The summed E-state index contributed by atoms with van der Waals surface area (Å²) in [5.41, 5.74) is -0.305. The average molecular weight is 307 g/mol. The summed E-state index contributed by atoms with van der Waals surface area (Å²) in [7, 11) is 0. The van der Waals surface area contributed by atoms with E-state index >= 15 is 0 Å². The van der Waals surface area contributed by atoms with Gasteiger partial charge in [-0.2, -0.15) is 0 Å². The van der Waals surface area contributed by atoms with Gasteiger partial charge in [0.25, 0.3) is 0 Å². The summed E-state index contributed by atoms with van der Waals surface area (Å²) in [5, 5.41) is 17.1. The van der Waals surface area contributed by atoms with Crippen molar-refractivity contribution in [2.24, 2.45) is 5.92 Å². The number of aliphatic hydroxyl groups excluding tert-OH is 1. The molecule has 2 heterocycles. The fraction of sp³-hybridized carbons (Fsp3) is 0.688. The van der Waals surface area contributed by atoms with Crippen molar-refractivity contribution in [3.05, 3.63) is 17.8 Å². The number of aliphatic hydroxyl groups is 1. The highest BCUT2D eigenvalue weighted by molar-refractivity contribution is 5.87. The van der Waals surface area contributed by atoms with Crippen molar-refractivity contribution in [1.29, 1.82) is 0 Å². The molecule has 0 unspecified atom stereocenters. The SMILES string of the molecule is CC(C)(C)OC(=O)c1ccc(N2CCC(CCO)CC2)nn1. The Morgan fingerprint density at radius 3 is 2.50 bits per heavy atom. The van der Waals surface area contributed by atoms with Crippen molar-refractivity contribution < 1.29 is 14.6 Å². The van der Waals surface area contributed by atoms with E-state index in [0.717, 1.165) is 38.2 Å². The molecule has 0 radical (unpaired) electrons. The molecule has 6 heteroatoms. The van der Waals surface area contributed by atoms with E-state index in [-0.39, 0.29) is 12.3 Å². The van der Waals surface area contributed by atoms with E-state index in [1.807, 2.05) is 26.8 Å². The van der Waals surface area contributed by atoms with Crippen LogP contribution in [0.3, 0.4) is 0 Å². The van der Waals surface area contributed by atoms with Crippen molar-refractivity contribution in [1.82, 2.24) is 10.2 Å². The van der Waals surface area contributed by atoms with Gasteiger partial charge in [0.2, 0.25) is 0 Å². The van der Waals surface area contributed by atoms with Gasteiger partial charge in [-0.05, 0) is 58.1 Å². The number of carbonyl (C=O) groups excluding carboxylic acids is 1. The minimum absolute atomic E-state index is 0.230. The van der Waals surface area contributed by atoms with Gasteiger partial charge in [0, 0.05) is 19.7 Å². The molecule has 6 nitrogen and oxygen atoms in total. The first-order valence-electron chi connectivity index (χ1n) is 7.82. The van der Waals surface area contributed by atoms with E-state index < -0.39 is 11.6 Å². The molecule has 1 aliphatic heterocycles. The van der Waals surface area contributed by atoms with Gasteiger partial charge < -0.3 is 14.7 Å². The Labute approximate surface area is 131 Å². The smallest absolute Gasteiger partial charge is 0.359 e. The summed E-state index contributed by atoms with van der Waals surface area (Å²) in [4.78, 5) is 14.1. The fourth-order valence-electron chi connectivity index (χ4n) is 2.57. The highest BCUT2D eigenvalue weighted by Gasteiger charge is 2.22. The first kappa shape index (κ1) is 16.7. The van der Waals surface area contributed by atoms with Gasteiger partial charge in [-0.25, -0.2) is 4.79 Å². The van der Waals surface area contributed by atoms with Crippen molar-refractivity contribution in [2.45, 2.75) is 45.6 Å². The lowest BCUT2D eigenvalue weighted by Crippen LogP contribution is -2.34.